The molecular formula is C22H20N6O4. The number of ether oxygens (including phenoxy) is 1. The summed E-state index contributed by atoms with van der Waals surface area (Å²) in [4.78, 5) is 41.1. The molecule has 0 saturated heterocycles. The Morgan fingerprint density at radius 2 is 1.78 bits per heavy atom. The Kier molecular flexibility index (Phi) is 5.27. The van der Waals surface area contributed by atoms with Gasteiger partial charge in [-0.1, -0.05) is 0 Å². The Labute approximate surface area is 182 Å². The van der Waals surface area contributed by atoms with Crippen LogP contribution in [-0.2, 0) is 0 Å². The number of aromatic nitrogens is 4. The number of nitrogens with zero attached hydrogens (tertiary/aromatic N) is 4. The van der Waals surface area contributed by atoms with Crippen LogP contribution in [0.5, 0.6) is 11.6 Å². The van der Waals surface area contributed by atoms with Gasteiger partial charge in [0, 0.05) is 5.56 Å². The molecule has 0 spiro atoms. The molecule has 3 aromatic heterocycles. The second-order valence-corrected chi connectivity index (χ2v) is 7.25. The fourth-order valence-corrected chi connectivity index (χ4v) is 3.11. The number of hydrogen-bond acceptors (Lipinski definition) is 8. The number of rotatable bonds is 5. The van der Waals surface area contributed by atoms with Gasteiger partial charge in [-0.25, -0.2) is 15.0 Å². The van der Waals surface area contributed by atoms with Crippen LogP contribution < -0.4 is 15.8 Å². The number of aryl methyl sites for hydroxylation is 4. The Bertz CT molecular complexity index is 1360. The van der Waals surface area contributed by atoms with Crippen molar-refractivity contribution in [3.05, 3.63) is 64.7 Å². The van der Waals surface area contributed by atoms with Crippen molar-refractivity contribution in [3.63, 3.8) is 0 Å². The van der Waals surface area contributed by atoms with Crippen LogP contribution in [0, 0.1) is 27.7 Å². The van der Waals surface area contributed by atoms with Gasteiger partial charge >= 0.3 is 0 Å². The number of fused-ring (bicyclic) bond motifs is 1. The number of nitrogens with one attached hydrogen (secondary N) is 1. The van der Waals surface area contributed by atoms with Crippen molar-refractivity contribution in [2.24, 2.45) is 5.73 Å². The van der Waals surface area contributed by atoms with E-state index in [1.54, 1.807) is 52.1 Å². The molecule has 4 rings (SSSR count). The number of anilines is 1. The van der Waals surface area contributed by atoms with Gasteiger partial charge < -0.3 is 20.2 Å². The molecule has 1 aromatic carbocycles. The van der Waals surface area contributed by atoms with E-state index in [1.165, 1.54) is 6.20 Å². The summed E-state index contributed by atoms with van der Waals surface area (Å²) in [6.07, 6.45) is 3.03. The molecule has 162 valence electrons. The Morgan fingerprint density at radius 3 is 2.47 bits per heavy atom. The van der Waals surface area contributed by atoms with Crippen molar-refractivity contribution < 1.29 is 18.7 Å². The van der Waals surface area contributed by atoms with Crippen LogP contribution in [0.4, 0.5) is 5.82 Å². The van der Waals surface area contributed by atoms with Crippen LogP contribution in [0.15, 0.2) is 35.0 Å². The summed E-state index contributed by atoms with van der Waals surface area (Å²) in [5, 5.41) is 3.36. The highest BCUT2D eigenvalue weighted by Crippen LogP contribution is 2.34. The van der Waals surface area contributed by atoms with E-state index in [2.05, 4.69) is 25.3 Å². The molecular weight excluding hydrogens is 412 g/mol. The van der Waals surface area contributed by atoms with Crippen LogP contribution >= 0.6 is 0 Å². The van der Waals surface area contributed by atoms with Crippen LogP contribution in [0.3, 0.4) is 0 Å². The molecule has 0 aliphatic rings. The lowest BCUT2D eigenvalue weighted by molar-refractivity contribution is 0.0991. The number of nitrogens with two attached hydrogens (primary N) is 1. The van der Waals surface area contributed by atoms with Gasteiger partial charge in [0.15, 0.2) is 5.82 Å². The molecule has 0 aliphatic carbocycles. The Morgan fingerprint density at radius 1 is 1.00 bits per heavy atom. The van der Waals surface area contributed by atoms with E-state index in [0.717, 1.165) is 5.69 Å². The molecule has 0 bridgehead atoms. The molecule has 0 unspecified atom stereocenters. The minimum absolute atomic E-state index is 0.0755. The zero-order valence-electron chi connectivity index (χ0n) is 17.9. The average Bonchev–Trinajstić information content (AvgIpc) is 3.12. The van der Waals surface area contributed by atoms with Gasteiger partial charge in [0.25, 0.3) is 11.8 Å². The van der Waals surface area contributed by atoms with E-state index in [-0.39, 0.29) is 11.6 Å². The first-order valence-corrected chi connectivity index (χ1v) is 9.68. The first kappa shape index (κ1) is 20.9. The average molecular weight is 432 g/mol. The summed E-state index contributed by atoms with van der Waals surface area (Å²) in [6, 6.07) is 4.99. The van der Waals surface area contributed by atoms with Gasteiger partial charge in [-0.3, -0.25) is 14.6 Å². The molecule has 0 atom stereocenters. The van der Waals surface area contributed by atoms with Crippen LogP contribution in [-0.4, -0.2) is 31.8 Å². The first-order chi connectivity index (χ1) is 15.2. The predicted octanol–water partition coefficient (Wildman–Crippen LogP) is 3.39. The summed E-state index contributed by atoms with van der Waals surface area (Å²) in [7, 11) is 0. The minimum Gasteiger partial charge on any atom is -0.461 e. The monoisotopic (exact) mass is 432 g/mol. The van der Waals surface area contributed by atoms with E-state index in [9.17, 15) is 9.59 Å². The number of primary amides is 1. The van der Waals surface area contributed by atoms with E-state index in [4.69, 9.17) is 14.9 Å². The smallest absolute Gasteiger partial charge is 0.269 e. The molecule has 3 heterocycles. The van der Waals surface area contributed by atoms with Gasteiger partial charge in [-0.05, 0) is 45.9 Å². The van der Waals surface area contributed by atoms with Crippen molar-refractivity contribution in [3.8, 4) is 11.6 Å². The van der Waals surface area contributed by atoms with Gasteiger partial charge in [0.2, 0.25) is 5.88 Å². The SMILES string of the molecule is Cc1cnc(NC(=O)c2cc(Oc3nc(C)c(C(N)=O)nc3C)c3cc(C)oc3c2)cn1. The van der Waals surface area contributed by atoms with Gasteiger partial charge in [0.1, 0.15) is 28.5 Å². The minimum atomic E-state index is -0.671. The maximum Gasteiger partial charge on any atom is 0.269 e. The maximum absolute atomic E-state index is 12.8. The maximum atomic E-state index is 12.8. The largest absolute Gasteiger partial charge is 0.461 e. The summed E-state index contributed by atoms with van der Waals surface area (Å²) in [6.45, 7) is 6.86. The zero-order valence-corrected chi connectivity index (χ0v) is 17.9. The molecule has 2 amide bonds. The van der Waals surface area contributed by atoms with E-state index in [1.807, 2.05) is 0 Å². The number of carbonyl (C=O) groups is 2. The summed E-state index contributed by atoms with van der Waals surface area (Å²) in [5.74, 6) is 0.424. The fraction of sp³-hybridized carbons (Fsp3) is 0.182. The quantitative estimate of drug-likeness (QED) is 0.488. The number of furan rings is 1. The van der Waals surface area contributed by atoms with Crippen molar-refractivity contribution >= 4 is 28.6 Å². The van der Waals surface area contributed by atoms with E-state index in [0.29, 0.717) is 45.2 Å². The number of benzene rings is 1. The number of hydrogen-bond donors (Lipinski definition) is 2. The van der Waals surface area contributed by atoms with Crippen molar-refractivity contribution in [2.45, 2.75) is 27.7 Å². The molecule has 10 heteroatoms. The molecule has 4 aromatic rings. The summed E-state index contributed by atoms with van der Waals surface area (Å²) < 4.78 is 11.7. The van der Waals surface area contributed by atoms with Gasteiger partial charge in [-0.15, -0.1) is 0 Å². The van der Waals surface area contributed by atoms with Crippen LogP contribution in [0.25, 0.3) is 11.0 Å². The second-order valence-electron chi connectivity index (χ2n) is 7.25. The normalized spacial score (nSPS) is 10.9. The fourth-order valence-electron chi connectivity index (χ4n) is 3.11. The molecule has 0 radical (unpaired) electrons. The van der Waals surface area contributed by atoms with E-state index >= 15 is 0 Å². The zero-order chi connectivity index (χ0) is 23.0. The third-order valence-corrected chi connectivity index (χ3v) is 4.65. The van der Waals surface area contributed by atoms with Crippen molar-refractivity contribution in [1.29, 1.82) is 0 Å². The molecule has 3 N–H and O–H groups in total. The molecule has 0 saturated carbocycles. The Balaban J connectivity index is 1.73. The third-order valence-electron chi connectivity index (χ3n) is 4.65. The molecule has 0 aliphatic heterocycles. The van der Waals surface area contributed by atoms with Crippen LogP contribution in [0.2, 0.25) is 0 Å². The van der Waals surface area contributed by atoms with Crippen molar-refractivity contribution in [2.75, 3.05) is 5.32 Å². The molecule has 0 fully saturated rings. The summed E-state index contributed by atoms with van der Waals surface area (Å²) >= 11 is 0. The topological polar surface area (TPSA) is 146 Å². The lowest BCUT2D eigenvalue weighted by Gasteiger charge is -2.12. The van der Waals surface area contributed by atoms with Crippen molar-refractivity contribution in [1.82, 2.24) is 19.9 Å². The molecule has 10 nitrogen and oxygen atoms in total. The highest BCUT2D eigenvalue weighted by Gasteiger charge is 2.19. The number of amides is 2. The number of carbonyl (C=O) groups excluding carboxylic acids is 2. The van der Waals surface area contributed by atoms with Gasteiger partial charge in [0.05, 0.1) is 29.2 Å². The highest BCUT2D eigenvalue weighted by atomic mass is 16.5. The highest BCUT2D eigenvalue weighted by molar-refractivity contribution is 6.06. The second kappa shape index (κ2) is 8.06. The van der Waals surface area contributed by atoms with E-state index < -0.39 is 11.8 Å². The lowest BCUT2D eigenvalue weighted by Crippen LogP contribution is -2.17. The Hall–Kier alpha value is -4.34. The predicted molar refractivity (Wildman–Crippen MR) is 116 cm³/mol. The molecule has 32 heavy (non-hydrogen) atoms. The standard InChI is InChI=1S/C22H20N6O4/c1-10-8-25-18(9-24-10)28-21(30)14-6-16-15(5-11(2)31-16)17(7-14)32-22-13(4)26-19(20(23)29)12(3)27-22/h5-9H,1-4H3,(H2,23,29)(H,25,28,30). The third kappa shape index (κ3) is 4.10. The first-order valence-electron chi connectivity index (χ1n) is 9.68. The lowest BCUT2D eigenvalue weighted by atomic mass is 10.1. The van der Waals surface area contributed by atoms with Gasteiger partial charge in [-0.2, -0.15) is 0 Å². The summed E-state index contributed by atoms with van der Waals surface area (Å²) in [5.41, 5.74) is 7.63. The van der Waals surface area contributed by atoms with Crippen LogP contribution in [0.1, 0.15) is 43.7 Å².